The summed E-state index contributed by atoms with van der Waals surface area (Å²) in [5, 5.41) is 0.860. The average Bonchev–Trinajstić information content (AvgIpc) is 2.38. The Balaban J connectivity index is 1.98. The van der Waals surface area contributed by atoms with E-state index in [2.05, 4.69) is 18.1 Å². The largest absolute Gasteiger partial charge is 0.378 e. The van der Waals surface area contributed by atoms with Gasteiger partial charge in [0.15, 0.2) is 0 Å². The molecule has 2 N–H and O–H groups in total. The molecule has 0 amide bonds. The summed E-state index contributed by atoms with van der Waals surface area (Å²) in [6.07, 6.45) is 7.45. The average molecular weight is 258 g/mol. The van der Waals surface area contributed by atoms with Crippen molar-refractivity contribution in [3.05, 3.63) is 0 Å². The molecule has 17 heavy (non-hydrogen) atoms. The van der Waals surface area contributed by atoms with Crippen LogP contribution in [0.15, 0.2) is 0 Å². The SMILES string of the molecule is CSC1CCN(C2(CN)CCOC(C)C2)CC1. The molecular weight excluding hydrogens is 232 g/mol. The van der Waals surface area contributed by atoms with Crippen molar-refractivity contribution in [1.29, 1.82) is 0 Å². The number of nitrogens with zero attached hydrogens (tertiary/aromatic N) is 1. The normalized spacial score (nSPS) is 37.2. The quantitative estimate of drug-likeness (QED) is 0.836. The molecule has 2 aliphatic heterocycles. The Bertz CT molecular complexity index is 244. The maximum atomic E-state index is 6.10. The molecule has 2 unspecified atom stereocenters. The molecule has 0 spiro atoms. The van der Waals surface area contributed by atoms with Crippen molar-refractivity contribution in [3.63, 3.8) is 0 Å². The standard InChI is InChI=1S/C13H26N2OS/c1-11-9-13(10-14,5-8-16-11)15-6-3-12(17-2)4-7-15/h11-12H,3-10,14H2,1-2H3. The topological polar surface area (TPSA) is 38.5 Å². The van der Waals surface area contributed by atoms with Crippen molar-refractivity contribution in [3.8, 4) is 0 Å². The smallest absolute Gasteiger partial charge is 0.0565 e. The summed E-state index contributed by atoms with van der Waals surface area (Å²) in [4.78, 5) is 2.65. The van der Waals surface area contributed by atoms with Gasteiger partial charge in [-0.25, -0.2) is 0 Å². The second kappa shape index (κ2) is 5.91. The number of piperidine rings is 1. The van der Waals surface area contributed by atoms with Crippen LogP contribution in [0.25, 0.3) is 0 Å². The second-order valence-corrected chi connectivity index (χ2v) is 6.62. The number of ether oxygens (including phenoxy) is 1. The highest BCUT2D eigenvalue weighted by Gasteiger charge is 2.40. The maximum Gasteiger partial charge on any atom is 0.0565 e. The summed E-state index contributed by atoms with van der Waals surface area (Å²) in [6.45, 7) is 6.27. The lowest BCUT2D eigenvalue weighted by Crippen LogP contribution is -2.60. The van der Waals surface area contributed by atoms with Crippen molar-refractivity contribution in [2.24, 2.45) is 5.73 Å². The van der Waals surface area contributed by atoms with Gasteiger partial charge in [0.25, 0.3) is 0 Å². The Morgan fingerprint density at radius 3 is 2.65 bits per heavy atom. The molecule has 100 valence electrons. The first-order valence-corrected chi connectivity index (χ1v) is 8.08. The van der Waals surface area contributed by atoms with Gasteiger partial charge >= 0.3 is 0 Å². The van der Waals surface area contributed by atoms with Crippen LogP contribution in [0.3, 0.4) is 0 Å². The molecular formula is C13H26N2OS. The van der Waals surface area contributed by atoms with E-state index < -0.39 is 0 Å². The first-order valence-electron chi connectivity index (χ1n) is 6.80. The fourth-order valence-electron chi connectivity index (χ4n) is 3.31. The first-order chi connectivity index (χ1) is 8.20. The van der Waals surface area contributed by atoms with E-state index in [0.717, 1.165) is 31.2 Å². The predicted molar refractivity (Wildman–Crippen MR) is 74.5 cm³/mol. The van der Waals surface area contributed by atoms with E-state index >= 15 is 0 Å². The lowest BCUT2D eigenvalue weighted by atomic mass is 9.84. The minimum absolute atomic E-state index is 0.223. The molecule has 0 radical (unpaired) electrons. The minimum Gasteiger partial charge on any atom is -0.378 e. The van der Waals surface area contributed by atoms with E-state index in [4.69, 9.17) is 10.5 Å². The monoisotopic (exact) mass is 258 g/mol. The molecule has 3 nitrogen and oxygen atoms in total. The summed E-state index contributed by atoms with van der Waals surface area (Å²) in [6, 6.07) is 0. The van der Waals surface area contributed by atoms with Crippen LogP contribution in [0.5, 0.6) is 0 Å². The number of nitrogens with two attached hydrogens (primary N) is 1. The molecule has 0 aromatic rings. The molecule has 2 aliphatic rings. The van der Waals surface area contributed by atoms with Gasteiger partial charge in [0, 0.05) is 23.9 Å². The molecule has 4 heteroatoms. The molecule has 0 bridgehead atoms. The third-order valence-corrected chi connectivity index (χ3v) is 5.60. The molecule has 2 saturated heterocycles. The van der Waals surface area contributed by atoms with Gasteiger partial charge in [-0.1, -0.05) is 0 Å². The maximum absolute atomic E-state index is 6.10. The van der Waals surface area contributed by atoms with Gasteiger partial charge < -0.3 is 10.5 Å². The minimum atomic E-state index is 0.223. The fraction of sp³-hybridized carbons (Fsp3) is 1.00. The fourth-order valence-corrected chi connectivity index (χ4v) is 4.00. The van der Waals surface area contributed by atoms with Crippen LogP contribution in [0.2, 0.25) is 0 Å². The number of hydrogen-bond acceptors (Lipinski definition) is 4. The Morgan fingerprint density at radius 2 is 2.12 bits per heavy atom. The predicted octanol–water partition coefficient (Wildman–Crippen LogP) is 1.71. The Hall–Kier alpha value is 0.230. The summed E-state index contributed by atoms with van der Waals surface area (Å²) in [7, 11) is 0. The molecule has 2 fully saturated rings. The van der Waals surface area contributed by atoms with Gasteiger partial charge in [0.05, 0.1) is 6.10 Å². The third kappa shape index (κ3) is 2.98. The summed E-state index contributed by atoms with van der Waals surface area (Å²) < 4.78 is 5.68. The van der Waals surface area contributed by atoms with Crippen LogP contribution < -0.4 is 5.73 Å². The third-order valence-electron chi connectivity index (χ3n) is 4.46. The second-order valence-electron chi connectivity index (χ2n) is 5.49. The van der Waals surface area contributed by atoms with E-state index in [1.54, 1.807) is 0 Å². The van der Waals surface area contributed by atoms with E-state index in [-0.39, 0.29) is 5.54 Å². The molecule has 2 rings (SSSR count). The van der Waals surface area contributed by atoms with Gasteiger partial charge in [0.2, 0.25) is 0 Å². The highest BCUT2D eigenvalue weighted by molar-refractivity contribution is 7.99. The van der Waals surface area contributed by atoms with E-state index in [0.29, 0.717) is 6.10 Å². The summed E-state index contributed by atoms with van der Waals surface area (Å²) in [5.41, 5.74) is 6.32. The van der Waals surface area contributed by atoms with Crippen molar-refractivity contribution in [1.82, 2.24) is 4.90 Å². The molecule has 0 aliphatic carbocycles. The van der Waals surface area contributed by atoms with E-state index in [1.807, 2.05) is 11.8 Å². The first kappa shape index (κ1) is 13.7. The van der Waals surface area contributed by atoms with Gasteiger partial charge in [0.1, 0.15) is 0 Å². The van der Waals surface area contributed by atoms with Crippen molar-refractivity contribution >= 4 is 11.8 Å². The van der Waals surface area contributed by atoms with Crippen LogP contribution in [-0.4, -0.2) is 54.3 Å². The molecule has 0 saturated carbocycles. The molecule has 2 heterocycles. The van der Waals surface area contributed by atoms with Crippen LogP contribution in [0, 0.1) is 0 Å². The zero-order valence-electron chi connectivity index (χ0n) is 11.2. The van der Waals surface area contributed by atoms with E-state index in [9.17, 15) is 0 Å². The van der Waals surface area contributed by atoms with Gasteiger partial charge in [-0.3, -0.25) is 4.90 Å². The van der Waals surface area contributed by atoms with Gasteiger partial charge in [-0.15, -0.1) is 0 Å². The molecule has 0 aromatic heterocycles. The van der Waals surface area contributed by atoms with Crippen LogP contribution in [0.4, 0.5) is 0 Å². The Labute approximate surface area is 109 Å². The number of hydrogen-bond donors (Lipinski definition) is 1. The summed E-state index contributed by atoms with van der Waals surface area (Å²) >= 11 is 2.02. The summed E-state index contributed by atoms with van der Waals surface area (Å²) in [5.74, 6) is 0. The van der Waals surface area contributed by atoms with Crippen molar-refractivity contribution in [2.75, 3.05) is 32.5 Å². The van der Waals surface area contributed by atoms with Crippen molar-refractivity contribution < 1.29 is 4.74 Å². The molecule has 0 aromatic carbocycles. The number of rotatable bonds is 3. The highest BCUT2D eigenvalue weighted by Crippen LogP contribution is 2.34. The van der Waals surface area contributed by atoms with Crippen LogP contribution in [-0.2, 0) is 4.74 Å². The highest BCUT2D eigenvalue weighted by atomic mass is 32.2. The number of likely N-dealkylation sites (tertiary alicyclic amines) is 1. The van der Waals surface area contributed by atoms with E-state index in [1.165, 1.54) is 25.9 Å². The lowest BCUT2D eigenvalue weighted by molar-refractivity contribution is -0.0681. The van der Waals surface area contributed by atoms with Crippen LogP contribution in [0.1, 0.15) is 32.6 Å². The van der Waals surface area contributed by atoms with Gasteiger partial charge in [-0.05, 0) is 52.0 Å². The molecule has 2 atom stereocenters. The van der Waals surface area contributed by atoms with Crippen molar-refractivity contribution in [2.45, 2.75) is 49.5 Å². The van der Waals surface area contributed by atoms with Crippen LogP contribution >= 0.6 is 11.8 Å². The lowest BCUT2D eigenvalue weighted by Gasteiger charge is -2.50. The number of thioether (sulfide) groups is 1. The Morgan fingerprint density at radius 1 is 1.41 bits per heavy atom. The van der Waals surface area contributed by atoms with Gasteiger partial charge in [-0.2, -0.15) is 11.8 Å². The zero-order chi connectivity index (χ0) is 12.3. The Kier molecular flexibility index (Phi) is 4.75. The zero-order valence-corrected chi connectivity index (χ0v) is 12.0.